The summed E-state index contributed by atoms with van der Waals surface area (Å²) in [6.45, 7) is 0.718. The van der Waals surface area contributed by atoms with Crippen LogP contribution in [0.3, 0.4) is 0 Å². The van der Waals surface area contributed by atoms with Gasteiger partial charge in [0.1, 0.15) is 6.54 Å². The highest BCUT2D eigenvalue weighted by Crippen LogP contribution is 2.08. The number of nitrogens with two attached hydrogens (primary N) is 1. The van der Waals surface area contributed by atoms with Crippen LogP contribution in [0.1, 0.15) is 11.1 Å². The van der Waals surface area contributed by atoms with Crippen molar-refractivity contribution in [3.05, 3.63) is 70.7 Å². The van der Waals surface area contributed by atoms with Gasteiger partial charge in [0.2, 0.25) is 0 Å². The van der Waals surface area contributed by atoms with Gasteiger partial charge in [0.05, 0.1) is 5.56 Å². The molecule has 86 valence electrons. The van der Waals surface area contributed by atoms with Gasteiger partial charge in [-0.15, -0.1) is 0 Å². The molecule has 0 amide bonds. The Morgan fingerprint density at radius 1 is 1.00 bits per heavy atom. The maximum absolute atomic E-state index is 5.96. The van der Waals surface area contributed by atoms with E-state index in [0.717, 1.165) is 12.1 Å². The van der Waals surface area contributed by atoms with Crippen molar-refractivity contribution in [3.63, 3.8) is 0 Å². The standard InChI is InChI=1S/C14H13ClN2/c15-13-8-6-12(7-9-13)14(16)17-10-11-4-2-1-3-5-11/h1-9H,10H2,(H2,16,17)/p+1. The van der Waals surface area contributed by atoms with Gasteiger partial charge in [-0.1, -0.05) is 41.9 Å². The van der Waals surface area contributed by atoms with E-state index < -0.39 is 0 Å². The summed E-state index contributed by atoms with van der Waals surface area (Å²) in [5.74, 6) is 0.658. The molecule has 2 rings (SSSR count). The van der Waals surface area contributed by atoms with Gasteiger partial charge in [-0.3, -0.25) is 10.7 Å². The third kappa shape index (κ3) is 3.33. The number of hydrogen-bond donors (Lipinski definition) is 2. The molecule has 0 aliphatic carbocycles. The minimum atomic E-state index is 0.658. The van der Waals surface area contributed by atoms with E-state index in [-0.39, 0.29) is 0 Å². The lowest BCUT2D eigenvalue weighted by molar-refractivity contribution is -0.475. The first-order chi connectivity index (χ1) is 8.25. The molecule has 2 aromatic carbocycles. The lowest BCUT2D eigenvalue weighted by atomic mass is 10.2. The molecule has 3 N–H and O–H groups in total. The molecule has 0 aromatic heterocycles. The second-order valence-corrected chi connectivity index (χ2v) is 4.20. The van der Waals surface area contributed by atoms with Crippen LogP contribution in [0.15, 0.2) is 54.6 Å². The molecule has 3 heteroatoms. The van der Waals surface area contributed by atoms with Gasteiger partial charge < -0.3 is 0 Å². The third-order valence-corrected chi connectivity index (χ3v) is 2.73. The van der Waals surface area contributed by atoms with Gasteiger partial charge in [-0.05, 0) is 29.8 Å². The van der Waals surface area contributed by atoms with Crippen LogP contribution in [-0.2, 0) is 6.54 Å². The molecule has 2 nitrogen and oxygen atoms in total. The van der Waals surface area contributed by atoms with E-state index in [1.54, 1.807) is 0 Å². The highest BCUT2D eigenvalue weighted by atomic mass is 35.5. The topological polar surface area (TPSA) is 40.0 Å². The normalized spacial score (nSPS) is 11.5. The van der Waals surface area contributed by atoms with Crippen molar-refractivity contribution < 1.29 is 4.99 Å². The molecule has 17 heavy (non-hydrogen) atoms. The molecule has 0 saturated carbocycles. The molecule has 0 fully saturated rings. The van der Waals surface area contributed by atoms with Crippen LogP contribution in [0.25, 0.3) is 0 Å². The minimum absolute atomic E-state index is 0.658. The van der Waals surface area contributed by atoms with Crippen molar-refractivity contribution in [3.8, 4) is 0 Å². The summed E-state index contributed by atoms with van der Waals surface area (Å²) in [6.07, 6.45) is 0. The summed E-state index contributed by atoms with van der Waals surface area (Å²) in [4.78, 5) is 3.19. The number of nitrogen functional groups attached to an aromatic ring is 1. The average molecular weight is 246 g/mol. The highest BCUT2D eigenvalue weighted by molar-refractivity contribution is 6.30. The lowest BCUT2D eigenvalue weighted by Gasteiger charge is -1.97. The summed E-state index contributed by atoms with van der Waals surface area (Å²) >= 11 is 5.82. The minimum Gasteiger partial charge on any atom is -0.287 e. The second-order valence-electron chi connectivity index (χ2n) is 3.76. The van der Waals surface area contributed by atoms with Gasteiger partial charge in [-0.2, -0.15) is 0 Å². The molecule has 2 aromatic rings. The molecule has 0 bridgehead atoms. The van der Waals surface area contributed by atoms with Crippen molar-refractivity contribution in [2.45, 2.75) is 6.54 Å². The number of halogens is 1. The number of rotatable bonds is 3. The summed E-state index contributed by atoms with van der Waals surface area (Å²) in [5.41, 5.74) is 8.10. The predicted molar refractivity (Wildman–Crippen MR) is 70.9 cm³/mol. The number of hydrogen-bond acceptors (Lipinski definition) is 0. The lowest BCUT2D eigenvalue weighted by Crippen LogP contribution is -2.74. The molecule has 0 atom stereocenters. The van der Waals surface area contributed by atoms with Crippen LogP contribution in [0.5, 0.6) is 0 Å². The summed E-state index contributed by atoms with van der Waals surface area (Å²) in [7, 11) is 0. The highest BCUT2D eigenvalue weighted by Gasteiger charge is 2.03. The first-order valence-electron chi connectivity index (χ1n) is 5.42. The predicted octanol–water partition coefficient (Wildman–Crippen LogP) is 1.33. The van der Waals surface area contributed by atoms with E-state index in [2.05, 4.69) is 17.1 Å². The van der Waals surface area contributed by atoms with Crippen LogP contribution in [0.4, 0.5) is 0 Å². The Hall–Kier alpha value is -1.80. The van der Waals surface area contributed by atoms with Crippen LogP contribution in [0.2, 0.25) is 5.02 Å². The van der Waals surface area contributed by atoms with Crippen LogP contribution in [-0.4, -0.2) is 5.84 Å². The molecule has 0 radical (unpaired) electrons. The van der Waals surface area contributed by atoms with Crippen LogP contribution >= 0.6 is 11.6 Å². The number of benzene rings is 2. The maximum atomic E-state index is 5.96. The molecular weight excluding hydrogens is 232 g/mol. The Bertz CT molecular complexity index is 504. The van der Waals surface area contributed by atoms with E-state index >= 15 is 0 Å². The zero-order chi connectivity index (χ0) is 12.1. The van der Waals surface area contributed by atoms with Crippen molar-refractivity contribution in [1.29, 1.82) is 0 Å². The van der Waals surface area contributed by atoms with E-state index in [1.807, 2.05) is 42.5 Å². The second kappa shape index (κ2) is 5.51. The van der Waals surface area contributed by atoms with Gasteiger partial charge in [0.15, 0.2) is 0 Å². The van der Waals surface area contributed by atoms with Crippen molar-refractivity contribution >= 4 is 17.4 Å². The van der Waals surface area contributed by atoms with Crippen molar-refractivity contribution in [2.24, 2.45) is 5.73 Å². The fourth-order valence-corrected chi connectivity index (χ4v) is 1.65. The largest absolute Gasteiger partial charge is 0.287 e. The Morgan fingerprint density at radius 3 is 2.29 bits per heavy atom. The Kier molecular flexibility index (Phi) is 3.78. The van der Waals surface area contributed by atoms with Gasteiger partial charge >= 0.3 is 0 Å². The molecular formula is C14H14ClN2+. The molecule has 0 aliphatic heterocycles. The van der Waals surface area contributed by atoms with E-state index in [9.17, 15) is 0 Å². The van der Waals surface area contributed by atoms with Crippen molar-refractivity contribution in [1.82, 2.24) is 0 Å². The summed E-state index contributed by atoms with van der Waals surface area (Å²) in [6, 6.07) is 17.6. The summed E-state index contributed by atoms with van der Waals surface area (Å²) < 4.78 is 0. The van der Waals surface area contributed by atoms with Crippen LogP contribution in [0, 0.1) is 0 Å². The number of nitrogens with one attached hydrogen (secondary N) is 1. The van der Waals surface area contributed by atoms with Gasteiger partial charge in [0, 0.05) is 5.02 Å². The first kappa shape index (κ1) is 11.7. The zero-order valence-corrected chi connectivity index (χ0v) is 10.1. The monoisotopic (exact) mass is 245 g/mol. The third-order valence-electron chi connectivity index (χ3n) is 2.48. The molecule has 0 saturated heterocycles. The zero-order valence-electron chi connectivity index (χ0n) is 9.36. The first-order valence-corrected chi connectivity index (χ1v) is 5.79. The van der Waals surface area contributed by atoms with E-state index in [4.69, 9.17) is 17.3 Å². The molecule has 0 aliphatic rings. The van der Waals surface area contributed by atoms with E-state index in [0.29, 0.717) is 10.9 Å². The number of amidine groups is 1. The smallest absolute Gasteiger partial charge is 0.273 e. The molecule has 0 spiro atoms. The average Bonchev–Trinajstić information content (AvgIpc) is 2.38. The fraction of sp³-hybridized carbons (Fsp3) is 0.0714. The van der Waals surface area contributed by atoms with Crippen LogP contribution < -0.4 is 10.7 Å². The van der Waals surface area contributed by atoms with Gasteiger partial charge in [0.25, 0.3) is 5.84 Å². The quantitative estimate of drug-likeness (QED) is 0.622. The molecule has 0 heterocycles. The maximum Gasteiger partial charge on any atom is 0.273 e. The SMILES string of the molecule is NC(=[NH+]Cc1ccccc1)c1ccc(Cl)cc1. The molecule has 0 unspecified atom stereocenters. The van der Waals surface area contributed by atoms with Crippen molar-refractivity contribution in [2.75, 3.05) is 0 Å². The summed E-state index contributed by atoms with van der Waals surface area (Å²) in [5, 5.41) is 0.713. The fourth-order valence-electron chi connectivity index (χ4n) is 1.52. The Labute approximate surface area is 106 Å². The Morgan fingerprint density at radius 2 is 1.65 bits per heavy atom. The van der Waals surface area contributed by atoms with Gasteiger partial charge in [-0.25, -0.2) is 0 Å². The Balaban J connectivity index is 2.10. The van der Waals surface area contributed by atoms with E-state index in [1.165, 1.54) is 5.56 Å².